The van der Waals surface area contributed by atoms with Crippen LogP contribution in [0.2, 0.25) is 0 Å². The minimum Gasteiger partial charge on any atom is -0.444 e. The number of aromatic nitrogens is 2. The lowest BCUT2D eigenvalue weighted by Crippen LogP contribution is -2.44. The lowest BCUT2D eigenvalue weighted by molar-refractivity contribution is -0.386. The number of rotatable bonds is 3. The van der Waals surface area contributed by atoms with E-state index in [4.69, 9.17) is 9.47 Å². The highest BCUT2D eigenvalue weighted by atomic mass is 19.1. The predicted octanol–water partition coefficient (Wildman–Crippen LogP) is 2.41. The minimum atomic E-state index is -1.44. The average Bonchev–Trinajstić information content (AvgIpc) is 2.77. The normalized spacial score (nSPS) is 24.4. The molecule has 1 amide bonds. The van der Waals surface area contributed by atoms with E-state index in [1.54, 1.807) is 27.8 Å². The molecule has 1 aromatic heterocycles. The Bertz CT molecular complexity index is 642. The molecule has 0 spiro atoms. The molecule has 2 heterocycles. The van der Waals surface area contributed by atoms with Crippen molar-refractivity contribution in [3.05, 3.63) is 22.0 Å². The van der Waals surface area contributed by atoms with Gasteiger partial charge in [0.05, 0.1) is 17.6 Å². The highest BCUT2D eigenvalue weighted by Crippen LogP contribution is 2.33. The van der Waals surface area contributed by atoms with Gasteiger partial charge >= 0.3 is 11.8 Å². The summed E-state index contributed by atoms with van der Waals surface area (Å²) in [6.45, 7) is 4.86. The van der Waals surface area contributed by atoms with Crippen LogP contribution in [-0.4, -0.2) is 45.2 Å². The van der Waals surface area contributed by atoms with E-state index < -0.39 is 34.9 Å². The number of carbonyl (C=O) groups is 1. The molecule has 1 aliphatic heterocycles. The molecule has 0 unspecified atom stereocenters. The largest absolute Gasteiger partial charge is 0.444 e. The number of amides is 1. The van der Waals surface area contributed by atoms with Crippen LogP contribution in [0.4, 0.5) is 14.9 Å². The van der Waals surface area contributed by atoms with Crippen LogP contribution in [0.25, 0.3) is 0 Å². The molecule has 140 valence electrons. The average molecular weight is 358 g/mol. The molecule has 1 aliphatic rings. The zero-order chi connectivity index (χ0) is 18.8. The number of alkyl carbamates (subject to hydrolysis) is 1. The van der Waals surface area contributed by atoms with Crippen molar-refractivity contribution < 1.29 is 23.6 Å². The van der Waals surface area contributed by atoms with Crippen LogP contribution in [0.15, 0.2) is 6.20 Å². The van der Waals surface area contributed by atoms with Crippen LogP contribution in [0.1, 0.15) is 45.4 Å². The first-order chi connectivity index (χ1) is 11.6. The summed E-state index contributed by atoms with van der Waals surface area (Å²) in [5.41, 5.74) is -0.564. The van der Waals surface area contributed by atoms with Crippen molar-refractivity contribution >= 4 is 11.8 Å². The van der Waals surface area contributed by atoms with E-state index in [0.29, 0.717) is 6.42 Å². The van der Waals surface area contributed by atoms with Gasteiger partial charge in [-0.15, -0.1) is 0 Å². The number of nitro groups is 1. The maximum Gasteiger partial charge on any atom is 0.407 e. The summed E-state index contributed by atoms with van der Waals surface area (Å²) in [5.74, 6) is 0. The molecule has 0 bridgehead atoms. The van der Waals surface area contributed by atoms with Crippen LogP contribution in [0.5, 0.6) is 0 Å². The first-order valence-electron chi connectivity index (χ1n) is 8.00. The maximum absolute atomic E-state index is 14.3. The van der Waals surface area contributed by atoms with Gasteiger partial charge in [-0.1, -0.05) is 0 Å². The van der Waals surface area contributed by atoms with Crippen LogP contribution in [-0.2, 0) is 16.5 Å². The monoisotopic (exact) mass is 358 g/mol. The Morgan fingerprint density at radius 2 is 2.20 bits per heavy atom. The topological polar surface area (TPSA) is 109 Å². The van der Waals surface area contributed by atoms with Crippen molar-refractivity contribution in [3.8, 4) is 0 Å². The quantitative estimate of drug-likeness (QED) is 0.656. The predicted molar refractivity (Wildman–Crippen MR) is 85.8 cm³/mol. The molecule has 1 saturated heterocycles. The van der Waals surface area contributed by atoms with E-state index in [2.05, 4.69) is 10.4 Å². The standard InChI is InChI=1S/C15H23FN4O5/c1-15(2,3)25-14(21)18-10-5-6-12(24-8-9(10)16)13-11(20(22)23)7-17-19(13)4/h7,9-10,12H,5-6,8H2,1-4H3,(H,18,21)/t9-,10-,12+/m0/s1. The van der Waals surface area contributed by atoms with Gasteiger partial charge in [-0.2, -0.15) is 5.10 Å². The van der Waals surface area contributed by atoms with Gasteiger partial charge in [-0.05, 0) is 33.6 Å². The smallest absolute Gasteiger partial charge is 0.407 e. The molecular weight excluding hydrogens is 335 g/mol. The number of alkyl halides is 1. The fraction of sp³-hybridized carbons (Fsp3) is 0.733. The third kappa shape index (κ3) is 4.88. The maximum atomic E-state index is 14.3. The zero-order valence-electron chi connectivity index (χ0n) is 14.7. The number of hydrogen-bond acceptors (Lipinski definition) is 6. The molecule has 2 rings (SSSR count). The number of aryl methyl sites for hydroxylation is 1. The third-order valence-electron chi connectivity index (χ3n) is 3.80. The Morgan fingerprint density at radius 3 is 2.80 bits per heavy atom. The molecule has 0 aromatic carbocycles. The lowest BCUT2D eigenvalue weighted by Gasteiger charge is -2.24. The van der Waals surface area contributed by atoms with E-state index in [1.807, 2.05) is 0 Å². The van der Waals surface area contributed by atoms with E-state index in [0.717, 1.165) is 6.20 Å². The first-order valence-corrected chi connectivity index (χ1v) is 8.00. The third-order valence-corrected chi connectivity index (χ3v) is 3.80. The Balaban J connectivity index is 2.07. The summed E-state index contributed by atoms with van der Waals surface area (Å²) in [4.78, 5) is 22.4. The van der Waals surface area contributed by atoms with Gasteiger partial charge in [-0.25, -0.2) is 9.18 Å². The number of nitrogens with one attached hydrogen (secondary N) is 1. The number of carbonyl (C=O) groups excluding carboxylic acids is 1. The fourth-order valence-corrected chi connectivity index (χ4v) is 2.71. The summed E-state index contributed by atoms with van der Waals surface area (Å²) in [6.07, 6.45) is -1.10. The molecule has 10 heteroatoms. The number of hydrogen-bond donors (Lipinski definition) is 1. The molecule has 1 aromatic rings. The Hall–Kier alpha value is -2.23. The van der Waals surface area contributed by atoms with Crippen LogP contribution in [0, 0.1) is 10.1 Å². The van der Waals surface area contributed by atoms with Crippen LogP contribution < -0.4 is 5.32 Å². The van der Waals surface area contributed by atoms with Gasteiger partial charge in [0.25, 0.3) is 0 Å². The summed E-state index contributed by atoms with van der Waals surface area (Å²) in [7, 11) is 1.57. The molecule has 1 N–H and O–H groups in total. The van der Waals surface area contributed by atoms with Crippen molar-refractivity contribution in [1.82, 2.24) is 15.1 Å². The van der Waals surface area contributed by atoms with Gasteiger partial charge < -0.3 is 14.8 Å². The molecule has 0 radical (unpaired) electrons. The minimum absolute atomic E-state index is 0.165. The van der Waals surface area contributed by atoms with Gasteiger partial charge in [0.1, 0.15) is 29.8 Å². The van der Waals surface area contributed by atoms with Crippen molar-refractivity contribution in [2.24, 2.45) is 7.05 Å². The molecule has 3 atom stereocenters. The second-order valence-electron chi connectivity index (χ2n) is 6.96. The molecule has 1 fully saturated rings. The number of halogens is 1. The number of nitrogens with zero attached hydrogens (tertiary/aromatic N) is 3. The SMILES string of the molecule is Cn1ncc([N+](=O)[O-])c1[C@H]1CC[C@H](NC(=O)OC(C)(C)C)[C@@H](F)CO1. The zero-order valence-corrected chi connectivity index (χ0v) is 14.7. The summed E-state index contributed by atoms with van der Waals surface area (Å²) >= 11 is 0. The highest BCUT2D eigenvalue weighted by Gasteiger charge is 2.35. The molecule has 25 heavy (non-hydrogen) atoms. The van der Waals surface area contributed by atoms with E-state index in [1.165, 1.54) is 4.68 Å². The van der Waals surface area contributed by atoms with Crippen LogP contribution >= 0.6 is 0 Å². The Kier molecular flexibility index (Phi) is 5.61. The second kappa shape index (κ2) is 7.34. The number of ether oxygens (including phenoxy) is 2. The molecule has 0 saturated carbocycles. The van der Waals surface area contributed by atoms with Gasteiger partial charge in [0.15, 0.2) is 0 Å². The molecular formula is C15H23FN4O5. The second-order valence-corrected chi connectivity index (χ2v) is 6.96. The molecule has 9 nitrogen and oxygen atoms in total. The summed E-state index contributed by atoms with van der Waals surface area (Å²) in [5, 5.41) is 17.5. The van der Waals surface area contributed by atoms with Gasteiger partial charge in [0.2, 0.25) is 0 Å². The van der Waals surface area contributed by atoms with Crippen molar-refractivity contribution in [1.29, 1.82) is 0 Å². The first kappa shape index (κ1) is 19.1. The fourth-order valence-electron chi connectivity index (χ4n) is 2.71. The van der Waals surface area contributed by atoms with E-state index in [-0.39, 0.29) is 24.4 Å². The highest BCUT2D eigenvalue weighted by molar-refractivity contribution is 5.68. The van der Waals surface area contributed by atoms with Gasteiger partial charge in [-0.3, -0.25) is 14.8 Å². The molecule has 0 aliphatic carbocycles. The Labute approximate surface area is 144 Å². The van der Waals surface area contributed by atoms with Crippen molar-refractivity contribution in [3.63, 3.8) is 0 Å². The Morgan fingerprint density at radius 1 is 1.52 bits per heavy atom. The van der Waals surface area contributed by atoms with Crippen molar-refractivity contribution in [2.75, 3.05) is 6.61 Å². The van der Waals surface area contributed by atoms with E-state index in [9.17, 15) is 19.3 Å². The van der Waals surface area contributed by atoms with Crippen LogP contribution in [0.3, 0.4) is 0 Å². The van der Waals surface area contributed by atoms with Crippen molar-refractivity contribution in [2.45, 2.75) is 57.5 Å². The lowest BCUT2D eigenvalue weighted by atomic mass is 10.0. The summed E-state index contributed by atoms with van der Waals surface area (Å²) in [6, 6.07) is -0.785. The van der Waals surface area contributed by atoms with Gasteiger partial charge in [0, 0.05) is 7.05 Å². The van der Waals surface area contributed by atoms with E-state index >= 15 is 0 Å². The summed E-state index contributed by atoms with van der Waals surface area (Å²) < 4.78 is 26.3.